The van der Waals surface area contributed by atoms with Crippen LogP contribution in [-0.4, -0.2) is 34.7 Å². The van der Waals surface area contributed by atoms with Gasteiger partial charge < -0.3 is 15.7 Å². The van der Waals surface area contributed by atoms with Gasteiger partial charge in [-0.05, 0) is 12.3 Å². The van der Waals surface area contributed by atoms with Gasteiger partial charge in [0, 0.05) is 24.0 Å². The first-order valence-electron chi connectivity index (χ1n) is 6.38. The Hall–Kier alpha value is -1.63. The summed E-state index contributed by atoms with van der Waals surface area (Å²) in [5, 5.41) is 17.2. The summed E-state index contributed by atoms with van der Waals surface area (Å²) in [5.74, 6) is -1.04. The highest BCUT2D eigenvalue weighted by atomic mass is 32.1. The summed E-state index contributed by atoms with van der Waals surface area (Å²) >= 11 is 1.55. The number of nitrogens with one attached hydrogen (secondary N) is 2. The van der Waals surface area contributed by atoms with Gasteiger partial charge >= 0.3 is 12.0 Å². The minimum absolute atomic E-state index is 0.426. The Labute approximate surface area is 122 Å². The van der Waals surface area contributed by atoms with Gasteiger partial charge in [0.25, 0.3) is 0 Å². The Morgan fingerprint density at radius 3 is 2.55 bits per heavy atom. The molecule has 0 radical (unpaired) electrons. The maximum Gasteiger partial charge on any atom is 0.326 e. The van der Waals surface area contributed by atoms with Gasteiger partial charge in [-0.2, -0.15) is 0 Å². The number of carbonyl (C=O) groups excluding carboxylic acids is 1. The SMILES string of the molecule is Cc1csc(CCNC(=O)NC(C(=O)O)C(C)(C)C)n1. The van der Waals surface area contributed by atoms with Crippen molar-refractivity contribution in [1.29, 1.82) is 0 Å². The van der Waals surface area contributed by atoms with Crippen molar-refractivity contribution in [2.75, 3.05) is 6.54 Å². The number of aryl methyl sites for hydroxylation is 1. The molecule has 0 aliphatic heterocycles. The monoisotopic (exact) mass is 299 g/mol. The summed E-state index contributed by atoms with van der Waals surface area (Å²) < 4.78 is 0. The van der Waals surface area contributed by atoms with Crippen molar-refractivity contribution >= 4 is 23.3 Å². The highest BCUT2D eigenvalue weighted by molar-refractivity contribution is 7.09. The number of nitrogens with zero attached hydrogens (tertiary/aromatic N) is 1. The zero-order valence-electron chi connectivity index (χ0n) is 12.2. The summed E-state index contributed by atoms with van der Waals surface area (Å²) in [5.41, 5.74) is 0.420. The number of amides is 2. The van der Waals surface area contributed by atoms with Crippen molar-refractivity contribution in [2.45, 2.75) is 40.2 Å². The molecule has 1 unspecified atom stereocenters. The minimum atomic E-state index is -1.04. The largest absolute Gasteiger partial charge is 0.480 e. The fourth-order valence-corrected chi connectivity index (χ4v) is 2.41. The molecule has 0 spiro atoms. The molecule has 0 saturated carbocycles. The molecule has 0 saturated heterocycles. The van der Waals surface area contributed by atoms with Gasteiger partial charge in [-0.1, -0.05) is 20.8 Å². The van der Waals surface area contributed by atoms with Gasteiger partial charge in [0.05, 0.1) is 5.01 Å². The Bertz CT molecular complexity index is 479. The maximum absolute atomic E-state index is 11.7. The Morgan fingerprint density at radius 1 is 1.45 bits per heavy atom. The minimum Gasteiger partial charge on any atom is -0.480 e. The third-order valence-electron chi connectivity index (χ3n) is 2.68. The van der Waals surface area contributed by atoms with Crippen LogP contribution in [-0.2, 0) is 11.2 Å². The summed E-state index contributed by atoms with van der Waals surface area (Å²) in [4.78, 5) is 27.1. The average Bonchev–Trinajstić information content (AvgIpc) is 2.70. The van der Waals surface area contributed by atoms with Gasteiger partial charge in [0.15, 0.2) is 0 Å². The van der Waals surface area contributed by atoms with Gasteiger partial charge in [-0.25, -0.2) is 14.6 Å². The van der Waals surface area contributed by atoms with E-state index in [1.54, 1.807) is 32.1 Å². The number of aliphatic carboxylic acids is 1. The average molecular weight is 299 g/mol. The molecule has 7 heteroatoms. The number of hydrogen-bond acceptors (Lipinski definition) is 4. The fraction of sp³-hybridized carbons (Fsp3) is 0.615. The Morgan fingerprint density at radius 2 is 2.10 bits per heavy atom. The van der Waals surface area contributed by atoms with Gasteiger partial charge in [-0.3, -0.25) is 0 Å². The van der Waals surface area contributed by atoms with Crippen LogP contribution in [0.3, 0.4) is 0 Å². The zero-order valence-corrected chi connectivity index (χ0v) is 13.0. The molecule has 1 rings (SSSR count). The quantitative estimate of drug-likeness (QED) is 0.773. The maximum atomic E-state index is 11.7. The van der Waals surface area contributed by atoms with E-state index >= 15 is 0 Å². The van der Waals surface area contributed by atoms with E-state index in [0.717, 1.165) is 10.7 Å². The van der Waals surface area contributed by atoms with Crippen LogP contribution in [0.1, 0.15) is 31.5 Å². The van der Waals surface area contributed by atoms with Crippen molar-refractivity contribution in [3.63, 3.8) is 0 Å². The molecular weight excluding hydrogens is 278 g/mol. The van der Waals surface area contributed by atoms with E-state index in [1.165, 1.54) is 0 Å². The zero-order chi connectivity index (χ0) is 15.3. The predicted molar refractivity (Wildman–Crippen MR) is 78.0 cm³/mol. The van der Waals surface area contributed by atoms with Crippen molar-refractivity contribution in [3.05, 3.63) is 16.1 Å². The molecule has 3 N–H and O–H groups in total. The topological polar surface area (TPSA) is 91.3 Å². The van der Waals surface area contributed by atoms with E-state index in [0.29, 0.717) is 13.0 Å². The summed E-state index contributed by atoms with van der Waals surface area (Å²) in [6.07, 6.45) is 0.638. The molecule has 1 aromatic heterocycles. The van der Waals surface area contributed by atoms with E-state index in [-0.39, 0.29) is 0 Å². The first-order chi connectivity index (χ1) is 9.20. The van der Waals surface area contributed by atoms with Crippen LogP contribution in [0.2, 0.25) is 0 Å². The number of carboxylic acid groups (broad SMARTS) is 1. The molecule has 6 nitrogen and oxygen atoms in total. The first kappa shape index (κ1) is 16.4. The van der Waals surface area contributed by atoms with Gasteiger partial charge in [0.2, 0.25) is 0 Å². The standard InChI is InChI=1S/C13H21N3O3S/c1-8-7-20-9(15-8)5-6-14-12(19)16-10(11(17)18)13(2,3)4/h7,10H,5-6H2,1-4H3,(H,17,18)(H2,14,16,19). The fourth-order valence-electron chi connectivity index (χ4n) is 1.63. The molecule has 1 aromatic rings. The lowest BCUT2D eigenvalue weighted by Gasteiger charge is -2.27. The van der Waals surface area contributed by atoms with Crippen LogP contribution < -0.4 is 10.6 Å². The molecule has 2 amide bonds. The Kier molecular flexibility index (Phi) is 5.50. The van der Waals surface area contributed by atoms with Crippen LogP contribution in [0.4, 0.5) is 4.79 Å². The smallest absolute Gasteiger partial charge is 0.326 e. The first-order valence-corrected chi connectivity index (χ1v) is 7.26. The summed E-state index contributed by atoms with van der Waals surface area (Å²) in [7, 11) is 0. The second-order valence-corrected chi connectivity index (χ2v) is 6.61. The highest BCUT2D eigenvalue weighted by Crippen LogP contribution is 2.19. The van der Waals surface area contributed by atoms with Crippen LogP contribution >= 0.6 is 11.3 Å². The van der Waals surface area contributed by atoms with Crippen LogP contribution in [0.5, 0.6) is 0 Å². The Balaban J connectivity index is 2.41. The van der Waals surface area contributed by atoms with Gasteiger partial charge in [0.1, 0.15) is 6.04 Å². The molecule has 0 fully saturated rings. The predicted octanol–water partition coefficient (Wildman–Crippen LogP) is 1.79. The lowest BCUT2D eigenvalue weighted by Crippen LogP contribution is -2.52. The number of aromatic nitrogens is 1. The third kappa shape index (κ3) is 5.16. The van der Waals surface area contributed by atoms with Crippen LogP contribution in [0.15, 0.2) is 5.38 Å². The molecule has 0 bridgehead atoms. The van der Waals surface area contributed by atoms with E-state index in [1.807, 2.05) is 12.3 Å². The molecule has 0 aliphatic carbocycles. The van der Waals surface area contributed by atoms with Crippen LogP contribution in [0.25, 0.3) is 0 Å². The second-order valence-electron chi connectivity index (χ2n) is 5.67. The molecule has 20 heavy (non-hydrogen) atoms. The van der Waals surface area contributed by atoms with Crippen molar-refractivity contribution in [1.82, 2.24) is 15.6 Å². The number of rotatable bonds is 5. The number of hydrogen-bond donors (Lipinski definition) is 3. The van der Waals surface area contributed by atoms with E-state index < -0.39 is 23.5 Å². The number of carbonyl (C=O) groups is 2. The lowest BCUT2D eigenvalue weighted by molar-refractivity contribution is -0.141. The molecule has 1 heterocycles. The number of thiazole rings is 1. The highest BCUT2D eigenvalue weighted by Gasteiger charge is 2.32. The van der Waals surface area contributed by atoms with Crippen molar-refractivity contribution in [3.8, 4) is 0 Å². The van der Waals surface area contributed by atoms with E-state index in [2.05, 4.69) is 15.6 Å². The van der Waals surface area contributed by atoms with E-state index in [4.69, 9.17) is 5.11 Å². The molecule has 0 aromatic carbocycles. The second kappa shape index (κ2) is 6.69. The molecule has 1 atom stereocenters. The number of urea groups is 1. The van der Waals surface area contributed by atoms with Crippen molar-refractivity contribution in [2.24, 2.45) is 5.41 Å². The normalized spacial score (nSPS) is 12.8. The molecule has 0 aliphatic rings. The van der Waals surface area contributed by atoms with E-state index in [9.17, 15) is 9.59 Å². The van der Waals surface area contributed by atoms with Crippen LogP contribution in [0, 0.1) is 12.3 Å². The van der Waals surface area contributed by atoms with Crippen molar-refractivity contribution < 1.29 is 14.7 Å². The molecule has 112 valence electrons. The lowest BCUT2D eigenvalue weighted by atomic mass is 9.87. The summed E-state index contributed by atoms with van der Waals surface area (Å²) in [6, 6.07) is -1.40. The third-order valence-corrected chi connectivity index (χ3v) is 3.71. The molecular formula is C13H21N3O3S. The number of carboxylic acids is 1. The summed E-state index contributed by atoms with van der Waals surface area (Å²) in [6.45, 7) is 7.65. The van der Waals surface area contributed by atoms with Gasteiger partial charge in [-0.15, -0.1) is 11.3 Å².